The maximum atomic E-state index is 12.8. The predicted molar refractivity (Wildman–Crippen MR) is 75.9 cm³/mol. The van der Waals surface area contributed by atoms with Gasteiger partial charge < -0.3 is 10.6 Å². The number of hydrogen-bond donors (Lipinski definition) is 2. The van der Waals surface area contributed by atoms with Gasteiger partial charge in [-0.05, 0) is 31.2 Å². The van der Waals surface area contributed by atoms with Gasteiger partial charge in [0.2, 0.25) is 5.95 Å². The van der Waals surface area contributed by atoms with Crippen molar-refractivity contribution < 1.29 is 13.2 Å². The van der Waals surface area contributed by atoms with Gasteiger partial charge in [-0.25, -0.2) is 4.98 Å². The van der Waals surface area contributed by atoms with Gasteiger partial charge in [0.05, 0.1) is 0 Å². The van der Waals surface area contributed by atoms with Gasteiger partial charge in [0.15, 0.2) is 5.69 Å². The summed E-state index contributed by atoms with van der Waals surface area (Å²) in [6.45, 7) is 2.16. The molecule has 0 unspecified atom stereocenters. The molecule has 0 aliphatic heterocycles. The zero-order valence-electron chi connectivity index (χ0n) is 11.0. The summed E-state index contributed by atoms with van der Waals surface area (Å²) in [4.78, 5) is 7.43. The van der Waals surface area contributed by atoms with Crippen LogP contribution in [0.4, 0.5) is 30.6 Å². The molecule has 0 atom stereocenters. The molecule has 1 aromatic heterocycles. The minimum absolute atomic E-state index is 0.0515. The highest BCUT2D eigenvalue weighted by Gasteiger charge is 2.33. The second kappa shape index (κ2) is 6.17. The van der Waals surface area contributed by atoms with E-state index in [1.165, 1.54) is 0 Å². The molecule has 2 aromatic rings. The number of anilines is 3. The molecule has 0 aliphatic carbocycles. The van der Waals surface area contributed by atoms with Crippen LogP contribution in [0.5, 0.6) is 0 Å². The fraction of sp³-hybridized carbons (Fsp3) is 0.231. The van der Waals surface area contributed by atoms with Crippen molar-refractivity contribution in [2.75, 3.05) is 17.2 Å². The Balaban J connectivity index is 2.33. The van der Waals surface area contributed by atoms with Crippen LogP contribution in [-0.4, -0.2) is 16.5 Å². The van der Waals surface area contributed by atoms with Crippen LogP contribution in [0, 0.1) is 0 Å². The van der Waals surface area contributed by atoms with Crippen molar-refractivity contribution >= 4 is 29.1 Å². The number of aromatic nitrogens is 2. The molecule has 0 bridgehead atoms. The highest BCUT2D eigenvalue weighted by molar-refractivity contribution is 6.30. The molecular formula is C13H12ClF3N4. The van der Waals surface area contributed by atoms with Crippen LogP contribution >= 0.6 is 11.6 Å². The van der Waals surface area contributed by atoms with E-state index in [2.05, 4.69) is 20.6 Å². The van der Waals surface area contributed by atoms with Gasteiger partial charge in [-0.1, -0.05) is 11.6 Å². The molecule has 1 aromatic carbocycles. The molecule has 2 N–H and O–H groups in total. The molecule has 1 heterocycles. The van der Waals surface area contributed by atoms with E-state index in [1.54, 1.807) is 31.2 Å². The molecule has 0 saturated carbocycles. The summed E-state index contributed by atoms with van der Waals surface area (Å²) in [7, 11) is 0. The molecule has 4 nitrogen and oxygen atoms in total. The lowest BCUT2D eigenvalue weighted by atomic mass is 10.3. The number of nitrogens with zero attached hydrogens (tertiary/aromatic N) is 2. The highest BCUT2D eigenvalue weighted by Crippen LogP contribution is 2.30. The first-order chi connectivity index (χ1) is 9.88. The van der Waals surface area contributed by atoms with E-state index in [4.69, 9.17) is 11.6 Å². The Morgan fingerprint density at radius 1 is 1.14 bits per heavy atom. The summed E-state index contributed by atoms with van der Waals surface area (Å²) >= 11 is 5.75. The fourth-order valence-electron chi connectivity index (χ4n) is 1.57. The van der Waals surface area contributed by atoms with Gasteiger partial charge >= 0.3 is 6.18 Å². The van der Waals surface area contributed by atoms with E-state index >= 15 is 0 Å². The second-order valence-corrected chi connectivity index (χ2v) is 4.56. The average molecular weight is 317 g/mol. The van der Waals surface area contributed by atoms with Crippen molar-refractivity contribution in [3.8, 4) is 0 Å². The summed E-state index contributed by atoms with van der Waals surface area (Å²) in [5.74, 6) is -0.0283. The molecular weight excluding hydrogens is 305 g/mol. The Morgan fingerprint density at radius 2 is 1.81 bits per heavy atom. The molecule has 0 fully saturated rings. The third kappa shape index (κ3) is 4.22. The molecule has 0 aliphatic rings. The van der Waals surface area contributed by atoms with Gasteiger partial charge in [0.1, 0.15) is 5.82 Å². The van der Waals surface area contributed by atoms with Crippen LogP contribution in [0.15, 0.2) is 30.3 Å². The van der Waals surface area contributed by atoms with E-state index in [-0.39, 0.29) is 11.8 Å². The molecule has 8 heteroatoms. The number of halogens is 4. The van der Waals surface area contributed by atoms with E-state index in [0.29, 0.717) is 17.3 Å². The van der Waals surface area contributed by atoms with Crippen LogP contribution in [0.1, 0.15) is 12.6 Å². The smallest absolute Gasteiger partial charge is 0.354 e. The molecule has 0 amide bonds. The van der Waals surface area contributed by atoms with Crippen LogP contribution < -0.4 is 10.6 Å². The van der Waals surface area contributed by atoms with E-state index in [9.17, 15) is 13.2 Å². The summed E-state index contributed by atoms with van der Waals surface area (Å²) < 4.78 is 38.4. The van der Waals surface area contributed by atoms with E-state index < -0.39 is 11.9 Å². The lowest BCUT2D eigenvalue weighted by molar-refractivity contribution is -0.141. The van der Waals surface area contributed by atoms with Crippen molar-refractivity contribution in [2.45, 2.75) is 13.1 Å². The third-order valence-corrected chi connectivity index (χ3v) is 2.72. The molecule has 112 valence electrons. The number of nitrogens with one attached hydrogen (secondary N) is 2. The second-order valence-electron chi connectivity index (χ2n) is 4.12. The largest absolute Gasteiger partial charge is 0.433 e. The number of benzene rings is 1. The van der Waals surface area contributed by atoms with Gasteiger partial charge in [-0.3, -0.25) is 0 Å². The van der Waals surface area contributed by atoms with Crippen molar-refractivity contribution in [3.63, 3.8) is 0 Å². The summed E-state index contributed by atoms with van der Waals surface area (Å²) in [6.07, 6.45) is -4.54. The first-order valence-corrected chi connectivity index (χ1v) is 6.49. The highest BCUT2D eigenvalue weighted by atomic mass is 35.5. The van der Waals surface area contributed by atoms with Crippen LogP contribution in [0.25, 0.3) is 0 Å². The minimum atomic E-state index is -4.54. The molecule has 2 rings (SSSR count). The lowest BCUT2D eigenvalue weighted by Gasteiger charge is -2.12. The Labute approximate surface area is 124 Å². The van der Waals surface area contributed by atoms with Crippen molar-refractivity contribution in [1.29, 1.82) is 0 Å². The monoisotopic (exact) mass is 316 g/mol. The van der Waals surface area contributed by atoms with Gasteiger partial charge in [0, 0.05) is 23.3 Å². The Hall–Kier alpha value is -2.02. The summed E-state index contributed by atoms with van der Waals surface area (Å²) in [5, 5.41) is 6.00. The van der Waals surface area contributed by atoms with Crippen molar-refractivity contribution in [2.24, 2.45) is 0 Å². The average Bonchev–Trinajstić information content (AvgIpc) is 2.41. The zero-order valence-corrected chi connectivity index (χ0v) is 11.8. The normalized spacial score (nSPS) is 11.3. The number of rotatable bonds is 4. The van der Waals surface area contributed by atoms with Gasteiger partial charge in [-0.15, -0.1) is 0 Å². The maximum Gasteiger partial charge on any atom is 0.433 e. The van der Waals surface area contributed by atoms with Gasteiger partial charge in [0.25, 0.3) is 0 Å². The summed E-state index contributed by atoms with van der Waals surface area (Å²) in [6, 6.07) is 7.40. The van der Waals surface area contributed by atoms with Crippen LogP contribution in [0.3, 0.4) is 0 Å². The Bertz CT molecular complexity index is 614. The topological polar surface area (TPSA) is 49.8 Å². The number of alkyl halides is 3. The van der Waals surface area contributed by atoms with Crippen molar-refractivity contribution in [3.05, 3.63) is 41.0 Å². The number of hydrogen-bond acceptors (Lipinski definition) is 4. The maximum absolute atomic E-state index is 12.8. The quantitative estimate of drug-likeness (QED) is 0.881. The predicted octanol–water partition coefficient (Wildman–Crippen LogP) is 4.32. The molecule has 0 saturated heterocycles. The molecule has 21 heavy (non-hydrogen) atoms. The first-order valence-electron chi connectivity index (χ1n) is 6.11. The third-order valence-electron chi connectivity index (χ3n) is 2.47. The van der Waals surface area contributed by atoms with Gasteiger partial charge in [-0.2, -0.15) is 18.2 Å². The van der Waals surface area contributed by atoms with Crippen molar-refractivity contribution in [1.82, 2.24) is 9.97 Å². The van der Waals surface area contributed by atoms with Crippen LogP contribution in [-0.2, 0) is 6.18 Å². The molecule has 0 spiro atoms. The van der Waals surface area contributed by atoms with Crippen LogP contribution in [0.2, 0.25) is 5.02 Å². The SMILES string of the molecule is CCNc1nc(Nc2ccc(Cl)cc2)cc(C(F)(F)F)n1. The first kappa shape index (κ1) is 15.4. The molecule has 0 radical (unpaired) electrons. The lowest BCUT2D eigenvalue weighted by Crippen LogP contribution is -2.13. The van der Waals surface area contributed by atoms with E-state index in [1.807, 2.05) is 0 Å². The Morgan fingerprint density at radius 3 is 2.38 bits per heavy atom. The fourth-order valence-corrected chi connectivity index (χ4v) is 1.70. The standard InChI is InChI=1S/C13H12ClF3N4/c1-2-18-12-20-10(13(15,16)17)7-11(21-12)19-9-5-3-8(14)4-6-9/h3-7H,2H2,1H3,(H2,18,19,20,21). The van der Waals surface area contributed by atoms with E-state index in [0.717, 1.165) is 6.07 Å². The Kier molecular flexibility index (Phi) is 4.52. The summed E-state index contributed by atoms with van der Waals surface area (Å²) in [5.41, 5.74) is -0.432. The zero-order chi connectivity index (χ0) is 15.5. The minimum Gasteiger partial charge on any atom is -0.354 e.